The summed E-state index contributed by atoms with van der Waals surface area (Å²) in [5.41, 5.74) is 8.55. The fraction of sp³-hybridized carbons (Fsp3) is 0.600. The predicted molar refractivity (Wildman–Crippen MR) is 83.6 cm³/mol. The molecule has 0 radical (unpaired) electrons. The summed E-state index contributed by atoms with van der Waals surface area (Å²) in [6.07, 6.45) is 0. The second-order valence-electron chi connectivity index (χ2n) is 5.81. The van der Waals surface area contributed by atoms with E-state index in [9.17, 15) is 0 Å². The van der Waals surface area contributed by atoms with E-state index in [1.54, 1.807) is 0 Å². The molecular weight excluding hydrogens is 250 g/mol. The van der Waals surface area contributed by atoms with Crippen LogP contribution in [0.4, 0.5) is 5.82 Å². The molecule has 20 heavy (non-hydrogen) atoms. The van der Waals surface area contributed by atoms with Crippen LogP contribution in [0.15, 0.2) is 6.07 Å². The van der Waals surface area contributed by atoms with Crippen LogP contribution >= 0.6 is 0 Å². The van der Waals surface area contributed by atoms with Gasteiger partial charge in [-0.3, -0.25) is 10.3 Å². The number of hydrogen-bond acceptors (Lipinski definition) is 4. The van der Waals surface area contributed by atoms with Gasteiger partial charge in [0.05, 0.1) is 5.56 Å². The van der Waals surface area contributed by atoms with Gasteiger partial charge in [-0.05, 0) is 39.3 Å². The van der Waals surface area contributed by atoms with Gasteiger partial charge in [-0.15, -0.1) is 0 Å². The van der Waals surface area contributed by atoms with Gasteiger partial charge < -0.3 is 10.6 Å². The van der Waals surface area contributed by atoms with Crippen molar-refractivity contribution in [3.63, 3.8) is 0 Å². The molecule has 0 aromatic carbocycles. The van der Waals surface area contributed by atoms with Gasteiger partial charge in [-0.2, -0.15) is 0 Å². The molecule has 0 unspecified atom stereocenters. The number of amidine groups is 1. The molecule has 0 aliphatic carbocycles. The van der Waals surface area contributed by atoms with Crippen molar-refractivity contribution in [3.8, 4) is 0 Å². The van der Waals surface area contributed by atoms with Crippen LogP contribution in [0.5, 0.6) is 0 Å². The molecule has 0 bridgehead atoms. The van der Waals surface area contributed by atoms with Gasteiger partial charge in [0.15, 0.2) is 0 Å². The summed E-state index contributed by atoms with van der Waals surface area (Å²) in [6.45, 7) is 12.4. The normalized spacial score (nSPS) is 16.8. The zero-order valence-electron chi connectivity index (χ0n) is 12.9. The van der Waals surface area contributed by atoms with Gasteiger partial charge in [-0.25, -0.2) is 4.98 Å². The van der Waals surface area contributed by atoms with Crippen LogP contribution in [0.1, 0.15) is 30.7 Å². The molecule has 0 atom stereocenters. The summed E-state index contributed by atoms with van der Waals surface area (Å²) in [6, 6.07) is 2.57. The lowest BCUT2D eigenvalue weighted by Crippen LogP contribution is -2.49. The third-order valence-electron chi connectivity index (χ3n) is 3.94. The van der Waals surface area contributed by atoms with Crippen molar-refractivity contribution in [1.29, 1.82) is 5.41 Å². The molecule has 1 aromatic heterocycles. The fourth-order valence-corrected chi connectivity index (χ4v) is 2.83. The molecule has 1 saturated heterocycles. The third kappa shape index (κ3) is 2.93. The van der Waals surface area contributed by atoms with Crippen LogP contribution in [-0.4, -0.2) is 47.9 Å². The summed E-state index contributed by atoms with van der Waals surface area (Å²) in [5, 5.41) is 7.81. The van der Waals surface area contributed by atoms with Crippen molar-refractivity contribution in [1.82, 2.24) is 9.88 Å². The highest BCUT2D eigenvalue weighted by Crippen LogP contribution is 2.23. The first-order valence-electron chi connectivity index (χ1n) is 7.21. The Labute approximate surface area is 121 Å². The number of anilines is 1. The molecule has 3 N–H and O–H groups in total. The van der Waals surface area contributed by atoms with Gasteiger partial charge in [0, 0.05) is 37.9 Å². The summed E-state index contributed by atoms with van der Waals surface area (Å²) in [7, 11) is 0. The molecule has 1 fully saturated rings. The highest BCUT2D eigenvalue weighted by atomic mass is 15.3. The first-order chi connectivity index (χ1) is 9.40. The number of rotatable bonds is 3. The molecule has 0 amide bonds. The Bertz CT molecular complexity index is 501. The molecule has 110 valence electrons. The molecule has 1 aromatic rings. The maximum atomic E-state index is 7.81. The number of nitrogen functional groups attached to an aromatic ring is 1. The summed E-state index contributed by atoms with van der Waals surface area (Å²) in [5.74, 6) is 0.981. The van der Waals surface area contributed by atoms with Crippen LogP contribution in [-0.2, 0) is 0 Å². The quantitative estimate of drug-likeness (QED) is 0.648. The van der Waals surface area contributed by atoms with E-state index in [0.717, 1.165) is 48.8 Å². The monoisotopic (exact) mass is 275 g/mol. The third-order valence-corrected chi connectivity index (χ3v) is 3.94. The van der Waals surface area contributed by atoms with Crippen molar-refractivity contribution in [3.05, 3.63) is 22.9 Å². The van der Waals surface area contributed by atoms with Gasteiger partial charge in [0.25, 0.3) is 0 Å². The summed E-state index contributed by atoms with van der Waals surface area (Å²) < 4.78 is 0. The van der Waals surface area contributed by atoms with E-state index in [0.29, 0.717) is 6.04 Å². The Balaban J connectivity index is 2.27. The van der Waals surface area contributed by atoms with E-state index in [-0.39, 0.29) is 5.84 Å². The van der Waals surface area contributed by atoms with Crippen LogP contribution in [0.25, 0.3) is 0 Å². The largest absolute Gasteiger partial charge is 0.384 e. The molecule has 0 saturated carbocycles. The number of nitrogens with zero attached hydrogens (tertiary/aromatic N) is 3. The summed E-state index contributed by atoms with van der Waals surface area (Å²) in [4.78, 5) is 9.36. The SMILES string of the molecule is Cc1cc(C)c(C(=N)N)c(N2CCN(C(C)C)CC2)n1. The van der Waals surface area contributed by atoms with E-state index in [1.807, 2.05) is 19.9 Å². The lowest BCUT2D eigenvalue weighted by atomic mass is 10.1. The molecule has 2 rings (SSSR count). The first-order valence-corrected chi connectivity index (χ1v) is 7.21. The number of nitrogens with one attached hydrogen (secondary N) is 1. The minimum atomic E-state index is 0.108. The van der Waals surface area contributed by atoms with Gasteiger partial charge in [-0.1, -0.05) is 0 Å². The Morgan fingerprint density at radius 3 is 2.35 bits per heavy atom. The molecule has 1 aliphatic rings. The number of aryl methyl sites for hydroxylation is 2. The van der Waals surface area contributed by atoms with E-state index in [4.69, 9.17) is 11.1 Å². The number of nitrogens with two attached hydrogens (primary N) is 1. The van der Waals surface area contributed by atoms with Crippen LogP contribution < -0.4 is 10.6 Å². The maximum absolute atomic E-state index is 7.81. The minimum absolute atomic E-state index is 0.108. The second-order valence-corrected chi connectivity index (χ2v) is 5.81. The van der Waals surface area contributed by atoms with Crippen molar-refractivity contribution in [2.45, 2.75) is 33.7 Å². The average molecular weight is 275 g/mol. The zero-order chi connectivity index (χ0) is 14.9. The van der Waals surface area contributed by atoms with Crippen LogP contribution in [0, 0.1) is 19.3 Å². The number of aromatic nitrogens is 1. The molecule has 5 nitrogen and oxygen atoms in total. The minimum Gasteiger partial charge on any atom is -0.384 e. The van der Waals surface area contributed by atoms with Gasteiger partial charge in [0.1, 0.15) is 11.7 Å². The number of piperazine rings is 1. The Morgan fingerprint density at radius 1 is 1.25 bits per heavy atom. The Kier molecular flexibility index (Phi) is 4.28. The van der Waals surface area contributed by atoms with E-state index in [2.05, 4.69) is 28.6 Å². The zero-order valence-corrected chi connectivity index (χ0v) is 12.9. The lowest BCUT2D eigenvalue weighted by molar-refractivity contribution is 0.209. The molecule has 5 heteroatoms. The predicted octanol–water partition coefficient (Wildman–Crippen LogP) is 1.51. The standard InChI is InChI=1S/C15H25N5/c1-10(2)19-5-7-20(8-6-19)15-13(14(16)17)11(3)9-12(4)18-15/h9-10H,5-8H2,1-4H3,(H3,16,17). The Hall–Kier alpha value is -1.62. The fourth-order valence-electron chi connectivity index (χ4n) is 2.83. The maximum Gasteiger partial charge on any atom is 0.140 e. The van der Waals surface area contributed by atoms with Crippen LogP contribution in [0.2, 0.25) is 0 Å². The van der Waals surface area contributed by atoms with Crippen molar-refractivity contribution in [2.24, 2.45) is 5.73 Å². The molecule has 1 aliphatic heterocycles. The van der Waals surface area contributed by atoms with E-state index in [1.165, 1.54) is 0 Å². The molecular formula is C15H25N5. The van der Waals surface area contributed by atoms with Crippen molar-refractivity contribution < 1.29 is 0 Å². The highest BCUT2D eigenvalue weighted by Gasteiger charge is 2.23. The van der Waals surface area contributed by atoms with Gasteiger partial charge >= 0.3 is 0 Å². The van der Waals surface area contributed by atoms with Crippen molar-refractivity contribution in [2.75, 3.05) is 31.1 Å². The lowest BCUT2D eigenvalue weighted by Gasteiger charge is -2.38. The topological polar surface area (TPSA) is 69.2 Å². The summed E-state index contributed by atoms with van der Waals surface area (Å²) >= 11 is 0. The highest BCUT2D eigenvalue weighted by molar-refractivity contribution is 6.01. The molecule has 0 spiro atoms. The Morgan fingerprint density at radius 2 is 1.85 bits per heavy atom. The average Bonchev–Trinajstić information content (AvgIpc) is 2.37. The van der Waals surface area contributed by atoms with E-state index >= 15 is 0 Å². The second kappa shape index (κ2) is 5.79. The van der Waals surface area contributed by atoms with Crippen molar-refractivity contribution >= 4 is 11.7 Å². The van der Waals surface area contributed by atoms with Gasteiger partial charge in [0.2, 0.25) is 0 Å². The smallest absolute Gasteiger partial charge is 0.140 e. The van der Waals surface area contributed by atoms with Crippen LogP contribution in [0.3, 0.4) is 0 Å². The number of hydrogen-bond donors (Lipinski definition) is 2. The van der Waals surface area contributed by atoms with E-state index < -0.39 is 0 Å². The molecule has 2 heterocycles. The number of pyridine rings is 1. The first kappa shape index (κ1) is 14.8.